The number of benzene rings is 2. The van der Waals surface area contributed by atoms with Crippen LogP contribution in [0.4, 0.5) is 11.4 Å². The Morgan fingerprint density at radius 1 is 1.10 bits per heavy atom. The van der Waals surface area contributed by atoms with Gasteiger partial charge in [0.15, 0.2) is 0 Å². The van der Waals surface area contributed by atoms with E-state index in [9.17, 15) is 8.42 Å². The molecule has 0 saturated carbocycles. The Kier molecular flexibility index (Phi) is 4.09. The standard InChI is InChI=1S/C15H18N2O3S/c1-11-5-4-6-14(16)15(11)21(18,19)17(2)12-7-9-13(20-3)10-8-12/h4-10H,16H2,1-3H3. The summed E-state index contributed by atoms with van der Waals surface area (Å²) < 4.78 is 31.8. The minimum absolute atomic E-state index is 0.142. The number of methoxy groups -OCH3 is 1. The van der Waals surface area contributed by atoms with Crippen molar-refractivity contribution in [3.8, 4) is 5.75 Å². The van der Waals surface area contributed by atoms with Gasteiger partial charge in [-0.05, 0) is 42.8 Å². The Morgan fingerprint density at radius 2 is 1.71 bits per heavy atom. The average molecular weight is 306 g/mol. The van der Waals surface area contributed by atoms with Crippen LogP contribution in [0.1, 0.15) is 5.56 Å². The van der Waals surface area contributed by atoms with Crippen LogP contribution in [0.5, 0.6) is 5.75 Å². The summed E-state index contributed by atoms with van der Waals surface area (Å²) >= 11 is 0. The van der Waals surface area contributed by atoms with Crippen molar-refractivity contribution in [2.45, 2.75) is 11.8 Å². The van der Waals surface area contributed by atoms with E-state index < -0.39 is 10.0 Å². The molecule has 0 saturated heterocycles. The number of anilines is 2. The molecule has 6 heteroatoms. The number of aryl methyl sites for hydroxylation is 1. The molecule has 0 aliphatic rings. The van der Waals surface area contributed by atoms with Gasteiger partial charge in [0.25, 0.3) is 10.0 Å². The van der Waals surface area contributed by atoms with Crippen LogP contribution in [0.2, 0.25) is 0 Å². The first-order valence-corrected chi connectivity index (χ1v) is 7.80. The summed E-state index contributed by atoms with van der Waals surface area (Å²) in [7, 11) is -0.643. The summed E-state index contributed by atoms with van der Waals surface area (Å²) in [6, 6.07) is 11.8. The van der Waals surface area contributed by atoms with E-state index in [0.29, 0.717) is 17.0 Å². The zero-order chi connectivity index (χ0) is 15.6. The number of nitrogen functional groups attached to an aromatic ring is 1. The molecule has 0 aliphatic heterocycles. The molecule has 5 nitrogen and oxygen atoms in total. The largest absolute Gasteiger partial charge is 0.497 e. The zero-order valence-corrected chi connectivity index (χ0v) is 13.0. The van der Waals surface area contributed by atoms with Gasteiger partial charge in [0, 0.05) is 7.05 Å². The van der Waals surface area contributed by atoms with E-state index in [2.05, 4.69) is 0 Å². The Hall–Kier alpha value is -2.21. The van der Waals surface area contributed by atoms with Gasteiger partial charge in [-0.25, -0.2) is 8.42 Å². The first kappa shape index (κ1) is 15.2. The molecule has 0 heterocycles. The van der Waals surface area contributed by atoms with Gasteiger partial charge in [0.2, 0.25) is 0 Å². The van der Waals surface area contributed by atoms with Crippen LogP contribution in [0, 0.1) is 6.92 Å². The van der Waals surface area contributed by atoms with Gasteiger partial charge in [0.05, 0.1) is 18.5 Å². The second-order valence-electron chi connectivity index (χ2n) is 4.66. The number of hydrogen-bond acceptors (Lipinski definition) is 4. The van der Waals surface area contributed by atoms with Crippen LogP contribution in [-0.4, -0.2) is 22.6 Å². The van der Waals surface area contributed by atoms with Crippen LogP contribution in [0.15, 0.2) is 47.4 Å². The fourth-order valence-electron chi connectivity index (χ4n) is 2.10. The molecule has 0 amide bonds. The highest BCUT2D eigenvalue weighted by atomic mass is 32.2. The molecule has 0 bridgehead atoms. The van der Waals surface area contributed by atoms with Crippen molar-refractivity contribution >= 4 is 21.4 Å². The third-order valence-electron chi connectivity index (χ3n) is 3.30. The fourth-order valence-corrected chi connectivity index (χ4v) is 3.61. The lowest BCUT2D eigenvalue weighted by atomic mass is 10.2. The lowest BCUT2D eigenvalue weighted by molar-refractivity contribution is 0.415. The molecule has 0 fully saturated rings. The molecule has 2 aromatic carbocycles. The molecule has 0 unspecified atom stereocenters. The van der Waals surface area contributed by atoms with Gasteiger partial charge < -0.3 is 10.5 Å². The normalized spacial score (nSPS) is 11.2. The number of sulfonamides is 1. The molecule has 2 aromatic rings. The van der Waals surface area contributed by atoms with Gasteiger partial charge in [0.1, 0.15) is 10.6 Å². The molecule has 0 aromatic heterocycles. The molecular weight excluding hydrogens is 288 g/mol. The monoisotopic (exact) mass is 306 g/mol. The van der Waals surface area contributed by atoms with E-state index in [1.807, 2.05) is 0 Å². The Balaban J connectivity index is 2.47. The van der Waals surface area contributed by atoms with Crippen molar-refractivity contribution < 1.29 is 13.2 Å². The quantitative estimate of drug-likeness (QED) is 0.880. The first-order chi connectivity index (χ1) is 9.87. The van der Waals surface area contributed by atoms with Crippen molar-refractivity contribution in [2.24, 2.45) is 0 Å². The van der Waals surface area contributed by atoms with Crippen LogP contribution >= 0.6 is 0 Å². The van der Waals surface area contributed by atoms with Crippen molar-refractivity contribution in [1.29, 1.82) is 0 Å². The number of ether oxygens (including phenoxy) is 1. The molecular formula is C15H18N2O3S. The van der Waals surface area contributed by atoms with E-state index in [4.69, 9.17) is 10.5 Å². The second-order valence-corrected chi connectivity index (χ2v) is 6.57. The minimum Gasteiger partial charge on any atom is -0.497 e. The van der Waals surface area contributed by atoms with Gasteiger partial charge >= 0.3 is 0 Å². The SMILES string of the molecule is COc1ccc(N(C)S(=O)(=O)c2c(C)cccc2N)cc1. The Morgan fingerprint density at radius 3 is 2.24 bits per heavy atom. The first-order valence-electron chi connectivity index (χ1n) is 6.36. The Bertz CT molecular complexity index is 720. The van der Waals surface area contributed by atoms with Crippen LogP contribution in [0.3, 0.4) is 0 Å². The van der Waals surface area contributed by atoms with E-state index in [0.717, 1.165) is 0 Å². The highest BCUT2D eigenvalue weighted by Crippen LogP contribution is 2.29. The number of nitrogens with two attached hydrogens (primary N) is 1. The summed E-state index contributed by atoms with van der Waals surface area (Å²) in [5, 5.41) is 0. The van der Waals surface area contributed by atoms with Crippen molar-refractivity contribution in [1.82, 2.24) is 0 Å². The number of rotatable bonds is 4. The third kappa shape index (κ3) is 2.80. The maximum atomic E-state index is 12.7. The molecule has 0 aliphatic carbocycles. The average Bonchev–Trinajstić information content (AvgIpc) is 2.46. The van der Waals surface area contributed by atoms with Crippen LogP contribution in [-0.2, 0) is 10.0 Å². The highest BCUT2D eigenvalue weighted by molar-refractivity contribution is 7.93. The Labute approximate surface area is 125 Å². The van der Waals surface area contributed by atoms with E-state index in [-0.39, 0.29) is 10.6 Å². The smallest absolute Gasteiger partial charge is 0.266 e. The molecule has 2 N–H and O–H groups in total. The van der Waals surface area contributed by atoms with Crippen molar-refractivity contribution in [2.75, 3.05) is 24.2 Å². The van der Waals surface area contributed by atoms with E-state index in [1.54, 1.807) is 56.5 Å². The summed E-state index contributed by atoms with van der Waals surface area (Å²) in [5.74, 6) is 0.667. The molecule has 0 atom stereocenters. The summed E-state index contributed by atoms with van der Waals surface area (Å²) in [4.78, 5) is 0.142. The van der Waals surface area contributed by atoms with Crippen LogP contribution < -0.4 is 14.8 Å². The topological polar surface area (TPSA) is 72.6 Å². The van der Waals surface area contributed by atoms with Gasteiger partial charge in [-0.1, -0.05) is 12.1 Å². The molecule has 0 radical (unpaired) electrons. The van der Waals surface area contributed by atoms with Gasteiger partial charge in [-0.2, -0.15) is 0 Å². The van der Waals surface area contributed by atoms with E-state index >= 15 is 0 Å². The molecule has 2 rings (SSSR count). The zero-order valence-electron chi connectivity index (χ0n) is 12.2. The van der Waals surface area contributed by atoms with Gasteiger partial charge in [-0.15, -0.1) is 0 Å². The summed E-state index contributed by atoms with van der Waals surface area (Å²) in [6.07, 6.45) is 0. The third-order valence-corrected chi connectivity index (χ3v) is 5.30. The lowest BCUT2D eigenvalue weighted by Crippen LogP contribution is -2.28. The van der Waals surface area contributed by atoms with Gasteiger partial charge in [-0.3, -0.25) is 4.31 Å². The van der Waals surface area contributed by atoms with Crippen molar-refractivity contribution in [3.05, 3.63) is 48.0 Å². The minimum atomic E-state index is -3.71. The molecule has 21 heavy (non-hydrogen) atoms. The lowest BCUT2D eigenvalue weighted by Gasteiger charge is -2.21. The molecule has 0 spiro atoms. The highest BCUT2D eigenvalue weighted by Gasteiger charge is 2.25. The number of hydrogen-bond donors (Lipinski definition) is 1. The second kappa shape index (κ2) is 5.65. The predicted molar refractivity (Wildman–Crippen MR) is 84.2 cm³/mol. The van der Waals surface area contributed by atoms with Crippen molar-refractivity contribution in [3.63, 3.8) is 0 Å². The van der Waals surface area contributed by atoms with Crippen LogP contribution in [0.25, 0.3) is 0 Å². The number of nitrogens with zero attached hydrogens (tertiary/aromatic N) is 1. The van der Waals surface area contributed by atoms with E-state index in [1.165, 1.54) is 11.4 Å². The molecule has 112 valence electrons. The summed E-state index contributed by atoms with van der Waals surface area (Å²) in [6.45, 7) is 1.73. The predicted octanol–water partition coefficient (Wildman–Crippen LogP) is 2.41. The summed E-state index contributed by atoms with van der Waals surface area (Å²) in [5.41, 5.74) is 7.25. The maximum absolute atomic E-state index is 12.7. The fraction of sp³-hybridized carbons (Fsp3) is 0.200. The maximum Gasteiger partial charge on any atom is 0.266 e.